The zero-order valence-corrected chi connectivity index (χ0v) is 14.6. The van der Waals surface area contributed by atoms with Crippen molar-refractivity contribution in [1.82, 2.24) is 19.8 Å². The number of likely N-dealkylation sites (N-methyl/N-ethyl adjacent to an activating group) is 1. The van der Waals surface area contributed by atoms with Gasteiger partial charge in [0.25, 0.3) is 0 Å². The molecule has 1 N–H and O–H groups in total. The normalized spacial score (nSPS) is 11.0. The van der Waals surface area contributed by atoms with Gasteiger partial charge in [0.2, 0.25) is 5.91 Å². The quantitative estimate of drug-likeness (QED) is 0.807. The number of hydrogen-bond donors (Lipinski definition) is 1. The van der Waals surface area contributed by atoms with Crippen LogP contribution in [0.15, 0.2) is 30.5 Å². The van der Waals surface area contributed by atoms with Crippen molar-refractivity contribution in [2.75, 3.05) is 27.2 Å². The number of aromatic nitrogens is 2. The molecule has 5 nitrogen and oxygen atoms in total. The number of amides is 1. The van der Waals surface area contributed by atoms with E-state index >= 15 is 0 Å². The van der Waals surface area contributed by atoms with Crippen molar-refractivity contribution < 1.29 is 9.18 Å². The number of H-pyrrole nitrogens is 1. The van der Waals surface area contributed by atoms with Gasteiger partial charge in [0.05, 0.1) is 18.4 Å². The maximum Gasteiger partial charge on any atom is 0.223 e. The molecule has 0 aliphatic carbocycles. The molecule has 0 radical (unpaired) electrons. The van der Waals surface area contributed by atoms with Crippen molar-refractivity contribution in [3.8, 4) is 0 Å². The molecule has 0 spiro atoms. The van der Waals surface area contributed by atoms with Gasteiger partial charge >= 0.3 is 0 Å². The van der Waals surface area contributed by atoms with Crippen molar-refractivity contribution in [1.29, 1.82) is 0 Å². The van der Waals surface area contributed by atoms with Crippen molar-refractivity contribution in [3.05, 3.63) is 53.4 Å². The first kappa shape index (κ1) is 18.1. The number of rotatable bonds is 8. The van der Waals surface area contributed by atoms with Crippen molar-refractivity contribution in [3.63, 3.8) is 0 Å². The van der Waals surface area contributed by atoms with Gasteiger partial charge in [-0.15, -0.1) is 0 Å². The zero-order chi connectivity index (χ0) is 17.5. The molecule has 0 atom stereocenters. The number of nitrogens with one attached hydrogen (secondary N) is 1. The zero-order valence-electron chi connectivity index (χ0n) is 14.6. The SMILES string of the molecule is Cc1ncc(CN(CCN(C)C)C(=O)CCc2ccccc2F)[nH]1. The molecular weight excluding hydrogens is 307 g/mol. The summed E-state index contributed by atoms with van der Waals surface area (Å²) in [7, 11) is 3.95. The van der Waals surface area contributed by atoms with E-state index in [1.807, 2.05) is 25.9 Å². The molecule has 0 fully saturated rings. The van der Waals surface area contributed by atoms with E-state index in [-0.39, 0.29) is 11.7 Å². The van der Waals surface area contributed by atoms with E-state index in [0.717, 1.165) is 18.1 Å². The molecule has 0 aliphatic rings. The average molecular weight is 332 g/mol. The number of halogens is 1. The molecule has 24 heavy (non-hydrogen) atoms. The van der Waals surface area contributed by atoms with Crippen LogP contribution >= 0.6 is 0 Å². The Hall–Kier alpha value is -2.21. The second-order valence-electron chi connectivity index (χ2n) is 6.20. The highest BCUT2D eigenvalue weighted by molar-refractivity contribution is 5.76. The number of carbonyl (C=O) groups is 1. The van der Waals surface area contributed by atoms with Gasteiger partial charge in [0.1, 0.15) is 11.6 Å². The summed E-state index contributed by atoms with van der Waals surface area (Å²) in [5, 5.41) is 0. The Balaban J connectivity index is 1.99. The maximum absolute atomic E-state index is 13.7. The van der Waals surface area contributed by atoms with Crippen LogP contribution in [0.5, 0.6) is 0 Å². The predicted molar refractivity (Wildman–Crippen MR) is 92.0 cm³/mol. The number of hydrogen-bond acceptors (Lipinski definition) is 3. The highest BCUT2D eigenvalue weighted by Gasteiger charge is 2.16. The fraction of sp³-hybridized carbons (Fsp3) is 0.444. The highest BCUT2D eigenvalue weighted by atomic mass is 19.1. The van der Waals surface area contributed by atoms with Crippen LogP contribution in [-0.4, -0.2) is 52.9 Å². The number of aromatic amines is 1. The summed E-state index contributed by atoms with van der Waals surface area (Å²) < 4.78 is 13.7. The van der Waals surface area contributed by atoms with E-state index in [4.69, 9.17) is 0 Å². The molecule has 2 aromatic rings. The lowest BCUT2D eigenvalue weighted by molar-refractivity contribution is -0.132. The summed E-state index contributed by atoms with van der Waals surface area (Å²) in [6, 6.07) is 6.60. The molecule has 130 valence electrons. The molecule has 1 aromatic carbocycles. The van der Waals surface area contributed by atoms with Crippen LogP contribution in [0.1, 0.15) is 23.5 Å². The van der Waals surface area contributed by atoms with Gasteiger partial charge in [-0.1, -0.05) is 18.2 Å². The minimum absolute atomic E-state index is 0.0207. The molecule has 2 rings (SSSR count). The summed E-state index contributed by atoms with van der Waals surface area (Å²) in [4.78, 5) is 23.8. The van der Waals surface area contributed by atoms with Gasteiger partial charge in [-0.3, -0.25) is 4.79 Å². The molecule has 1 heterocycles. The van der Waals surface area contributed by atoms with Crippen LogP contribution in [0.3, 0.4) is 0 Å². The highest BCUT2D eigenvalue weighted by Crippen LogP contribution is 2.11. The second kappa shape index (κ2) is 8.59. The number of carbonyl (C=O) groups excluding carboxylic acids is 1. The fourth-order valence-electron chi connectivity index (χ4n) is 2.47. The molecule has 0 saturated heterocycles. The van der Waals surface area contributed by atoms with Gasteiger partial charge in [0, 0.05) is 19.5 Å². The van der Waals surface area contributed by atoms with Gasteiger partial charge in [-0.25, -0.2) is 9.37 Å². The molecule has 1 amide bonds. The fourth-order valence-corrected chi connectivity index (χ4v) is 2.47. The van der Waals surface area contributed by atoms with Crippen molar-refractivity contribution in [2.24, 2.45) is 0 Å². The maximum atomic E-state index is 13.7. The Morgan fingerprint density at radius 1 is 1.25 bits per heavy atom. The number of benzene rings is 1. The molecule has 1 aromatic heterocycles. The molecule has 0 aliphatic heterocycles. The number of imidazole rings is 1. The van der Waals surface area contributed by atoms with Crippen LogP contribution in [0, 0.1) is 12.7 Å². The summed E-state index contributed by atoms with van der Waals surface area (Å²) >= 11 is 0. The lowest BCUT2D eigenvalue weighted by Crippen LogP contribution is -2.36. The third-order valence-electron chi connectivity index (χ3n) is 3.85. The first-order valence-corrected chi connectivity index (χ1v) is 8.12. The molecule has 6 heteroatoms. The Kier molecular flexibility index (Phi) is 6.49. The van der Waals surface area contributed by atoms with E-state index in [9.17, 15) is 9.18 Å². The minimum Gasteiger partial charge on any atom is -0.345 e. The Labute approximate surface area is 142 Å². The largest absolute Gasteiger partial charge is 0.345 e. The third kappa shape index (κ3) is 5.45. The Bertz CT molecular complexity index is 669. The average Bonchev–Trinajstić information content (AvgIpc) is 2.95. The first-order valence-electron chi connectivity index (χ1n) is 8.12. The van der Waals surface area contributed by atoms with Crippen LogP contribution < -0.4 is 0 Å². The van der Waals surface area contributed by atoms with E-state index in [1.54, 1.807) is 29.3 Å². The van der Waals surface area contributed by atoms with E-state index < -0.39 is 0 Å². The van der Waals surface area contributed by atoms with Gasteiger partial charge in [-0.05, 0) is 39.1 Å². The summed E-state index contributed by atoms with van der Waals surface area (Å²) in [5.41, 5.74) is 1.49. The van der Waals surface area contributed by atoms with Gasteiger partial charge < -0.3 is 14.8 Å². The topological polar surface area (TPSA) is 52.2 Å². The van der Waals surface area contributed by atoms with Crippen LogP contribution in [-0.2, 0) is 17.8 Å². The lowest BCUT2D eigenvalue weighted by Gasteiger charge is -2.24. The molecule has 0 bridgehead atoms. The van der Waals surface area contributed by atoms with Crippen LogP contribution in [0.25, 0.3) is 0 Å². The van der Waals surface area contributed by atoms with Crippen molar-refractivity contribution >= 4 is 5.91 Å². The summed E-state index contributed by atoms with van der Waals surface area (Å²) in [6.45, 7) is 3.78. The standard InChI is InChI=1S/C18H25FN4O/c1-14-20-12-16(21-14)13-23(11-10-22(2)3)18(24)9-8-15-6-4-5-7-17(15)19/h4-7,12H,8-11,13H2,1-3H3,(H,20,21). The van der Waals surface area contributed by atoms with E-state index in [1.165, 1.54) is 6.07 Å². The minimum atomic E-state index is -0.255. The van der Waals surface area contributed by atoms with Crippen LogP contribution in [0.2, 0.25) is 0 Å². The number of nitrogens with zero attached hydrogens (tertiary/aromatic N) is 3. The second-order valence-corrected chi connectivity index (χ2v) is 6.20. The molecule has 0 saturated carbocycles. The number of aryl methyl sites for hydroxylation is 2. The van der Waals surface area contributed by atoms with Gasteiger partial charge in [0.15, 0.2) is 0 Å². The lowest BCUT2D eigenvalue weighted by atomic mass is 10.1. The Morgan fingerprint density at radius 3 is 2.62 bits per heavy atom. The third-order valence-corrected chi connectivity index (χ3v) is 3.85. The molecule has 0 unspecified atom stereocenters. The van der Waals surface area contributed by atoms with Gasteiger partial charge in [-0.2, -0.15) is 0 Å². The van der Waals surface area contributed by atoms with E-state index in [0.29, 0.717) is 31.5 Å². The first-order chi connectivity index (χ1) is 11.5. The molecular formula is C18H25FN4O. The smallest absolute Gasteiger partial charge is 0.223 e. The Morgan fingerprint density at radius 2 is 2.00 bits per heavy atom. The summed E-state index contributed by atoms with van der Waals surface area (Å²) in [5.74, 6) is 0.595. The van der Waals surface area contributed by atoms with E-state index in [2.05, 4.69) is 9.97 Å². The monoisotopic (exact) mass is 332 g/mol. The van der Waals surface area contributed by atoms with Crippen LogP contribution in [0.4, 0.5) is 4.39 Å². The predicted octanol–water partition coefficient (Wildman–Crippen LogP) is 2.38. The van der Waals surface area contributed by atoms with Crippen molar-refractivity contribution in [2.45, 2.75) is 26.3 Å². The summed E-state index contributed by atoms with van der Waals surface area (Å²) in [6.07, 6.45) is 2.45.